The van der Waals surface area contributed by atoms with Crippen molar-refractivity contribution >= 4 is 23.5 Å². The topological polar surface area (TPSA) is 76.1 Å². The minimum Gasteiger partial charge on any atom is -0.493 e. The number of rotatable bonds is 5. The molecule has 21 heavy (non-hydrogen) atoms. The summed E-state index contributed by atoms with van der Waals surface area (Å²) in [4.78, 5) is 24.8. The lowest BCUT2D eigenvalue weighted by Crippen LogP contribution is -2.50. The van der Waals surface area contributed by atoms with E-state index in [-0.39, 0.29) is 10.6 Å². The minimum atomic E-state index is -1.35. The molecule has 0 fully saturated rings. The van der Waals surface area contributed by atoms with Gasteiger partial charge in [-0.15, -0.1) is 0 Å². The number of halogens is 1. The zero-order chi connectivity index (χ0) is 16.4. The maximum absolute atomic E-state index is 12.4. The van der Waals surface area contributed by atoms with Crippen molar-refractivity contribution in [3.05, 3.63) is 22.7 Å². The molecule has 0 radical (unpaired) electrons. The molecule has 0 aromatic heterocycles. The Labute approximate surface area is 128 Å². The van der Waals surface area contributed by atoms with Crippen molar-refractivity contribution in [1.29, 1.82) is 0 Å². The van der Waals surface area contributed by atoms with Gasteiger partial charge in [0.2, 0.25) is 0 Å². The standard InChI is InChI=1S/C14H18ClNO5/c1-14(2,13(18)19)16(3)12(17)8-6-9(15)11(21-5)10(7-8)20-4/h6-7H,1-5H3,(H,18,19). The zero-order valence-corrected chi connectivity index (χ0v) is 13.3. The van der Waals surface area contributed by atoms with Crippen LogP contribution in [-0.4, -0.2) is 48.7 Å². The van der Waals surface area contributed by atoms with Crippen LogP contribution >= 0.6 is 11.6 Å². The summed E-state index contributed by atoms with van der Waals surface area (Å²) in [7, 11) is 4.28. The third kappa shape index (κ3) is 3.21. The van der Waals surface area contributed by atoms with E-state index in [1.54, 1.807) is 0 Å². The highest BCUT2D eigenvalue weighted by atomic mass is 35.5. The number of carboxylic acids is 1. The van der Waals surface area contributed by atoms with Gasteiger partial charge in [0.1, 0.15) is 5.54 Å². The molecule has 0 bridgehead atoms. The molecule has 0 heterocycles. The number of aliphatic carboxylic acids is 1. The van der Waals surface area contributed by atoms with Crippen molar-refractivity contribution in [2.24, 2.45) is 0 Å². The molecular weight excluding hydrogens is 298 g/mol. The Morgan fingerprint density at radius 2 is 1.81 bits per heavy atom. The molecule has 1 N–H and O–H groups in total. The molecule has 6 nitrogen and oxygen atoms in total. The van der Waals surface area contributed by atoms with Crippen LogP contribution in [0.1, 0.15) is 24.2 Å². The number of hydrogen-bond acceptors (Lipinski definition) is 4. The summed E-state index contributed by atoms with van der Waals surface area (Å²) in [5.74, 6) is -0.971. The average molecular weight is 316 g/mol. The zero-order valence-electron chi connectivity index (χ0n) is 12.6. The summed E-state index contributed by atoms with van der Waals surface area (Å²) in [6.45, 7) is 2.88. The predicted octanol–water partition coefficient (Wildman–Crippen LogP) is 2.29. The van der Waals surface area contributed by atoms with Gasteiger partial charge in [-0.25, -0.2) is 4.79 Å². The fourth-order valence-corrected chi connectivity index (χ4v) is 1.92. The SMILES string of the molecule is COc1cc(C(=O)N(C)C(C)(C)C(=O)O)cc(Cl)c1OC. The number of carbonyl (C=O) groups is 2. The fourth-order valence-electron chi connectivity index (χ4n) is 1.63. The molecule has 0 saturated carbocycles. The normalized spacial score (nSPS) is 11.0. The van der Waals surface area contributed by atoms with Crippen LogP contribution < -0.4 is 9.47 Å². The molecule has 0 unspecified atom stereocenters. The highest BCUT2D eigenvalue weighted by Crippen LogP contribution is 2.36. The first-order chi connectivity index (χ1) is 9.66. The quantitative estimate of drug-likeness (QED) is 0.902. The molecule has 0 aliphatic carbocycles. The number of ether oxygens (including phenoxy) is 2. The highest BCUT2D eigenvalue weighted by molar-refractivity contribution is 6.32. The maximum atomic E-state index is 12.4. The second-order valence-corrected chi connectivity index (χ2v) is 5.33. The maximum Gasteiger partial charge on any atom is 0.329 e. The van der Waals surface area contributed by atoms with Crippen molar-refractivity contribution in [3.8, 4) is 11.5 Å². The van der Waals surface area contributed by atoms with Crippen molar-refractivity contribution < 1.29 is 24.2 Å². The monoisotopic (exact) mass is 315 g/mol. The van der Waals surface area contributed by atoms with Crippen molar-refractivity contribution in [1.82, 2.24) is 4.90 Å². The first kappa shape index (κ1) is 17.1. The van der Waals surface area contributed by atoms with Gasteiger partial charge in [-0.1, -0.05) is 11.6 Å². The number of nitrogens with zero attached hydrogens (tertiary/aromatic N) is 1. The summed E-state index contributed by atoms with van der Waals surface area (Å²) in [6.07, 6.45) is 0. The van der Waals surface area contributed by atoms with Gasteiger partial charge in [0.05, 0.1) is 19.2 Å². The molecular formula is C14H18ClNO5. The molecule has 0 aliphatic heterocycles. The number of amides is 1. The Hall–Kier alpha value is -1.95. The lowest BCUT2D eigenvalue weighted by atomic mass is 10.0. The summed E-state index contributed by atoms with van der Waals surface area (Å²) >= 11 is 6.05. The van der Waals surface area contributed by atoms with Gasteiger partial charge in [-0.2, -0.15) is 0 Å². The lowest BCUT2D eigenvalue weighted by molar-refractivity contribution is -0.147. The molecule has 1 rings (SSSR count). The van der Waals surface area contributed by atoms with Gasteiger partial charge < -0.3 is 19.5 Å². The van der Waals surface area contributed by atoms with Crippen molar-refractivity contribution in [2.45, 2.75) is 19.4 Å². The van der Waals surface area contributed by atoms with Crippen LogP contribution in [0.15, 0.2) is 12.1 Å². The number of hydrogen-bond donors (Lipinski definition) is 1. The van der Waals surface area contributed by atoms with Gasteiger partial charge in [0, 0.05) is 12.6 Å². The van der Waals surface area contributed by atoms with Crippen LogP contribution in [-0.2, 0) is 4.79 Å². The summed E-state index contributed by atoms with van der Waals surface area (Å²) in [5, 5.41) is 9.39. The minimum absolute atomic E-state index is 0.210. The number of carbonyl (C=O) groups excluding carboxylic acids is 1. The predicted molar refractivity (Wildman–Crippen MR) is 78.4 cm³/mol. The van der Waals surface area contributed by atoms with Gasteiger partial charge >= 0.3 is 5.97 Å². The number of carboxylic acid groups (broad SMARTS) is 1. The molecule has 0 spiro atoms. The molecule has 0 atom stereocenters. The van der Waals surface area contributed by atoms with E-state index in [1.807, 2.05) is 0 Å². The lowest BCUT2D eigenvalue weighted by Gasteiger charge is -2.31. The second-order valence-electron chi connectivity index (χ2n) is 4.92. The van der Waals surface area contributed by atoms with Gasteiger partial charge in [0.15, 0.2) is 11.5 Å². The Morgan fingerprint density at radius 3 is 2.24 bits per heavy atom. The van der Waals surface area contributed by atoms with E-state index in [0.717, 1.165) is 4.90 Å². The van der Waals surface area contributed by atoms with Crippen LogP contribution in [0.3, 0.4) is 0 Å². The highest BCUT2D eigenvalue weighted by Gasteiger charge is 2.36. The van der Waals surface area contributed by atoms with E-state index in [0.29, 0.717) is 11.5 Å². The largest absolute Gasteiger partial charge is 0.493 e. The van der Waals surface area contributed by atoms with Crippen LogP contribution in [0.2, 0.25) is 5.02 Å². The van der Waals surface area contributed by atoms with E-state index >= 15 is 0 Å². The van der Waals surface area contributed by atoms with E-state index in [2.05, 4.69) is 0 Å². The first-order valence-electron chi connectivity index (χ1n) is 6.09. The molecule has 1 aromatic rings. The second kappa shape index (κ2) is 6.22. The first-order valence-corrected chi connectivity index (χ1v) is 6.47. The van der Waals surface area contributed by atoms with Crippen molar-refractivity contribution in [3.63, 3.8) is 0 Å². The molecule has 1 aromatic carbocycles. The van der Waals surface area contributed by atoms with Crippen LogP contribution in [0.5, 0.6) is 11.5 Å². The van der Waals surface area contributed by atoms with Crippen molar-refractivity contribution in [2.75, 3.05) is 21.3 Å². The molecule has 7 heteroatoms. The Balaban J connectivity index is 3.26. The Kier molecular flexibility index (Phi) is 5.06. The summed E-state index contributed by atoms with van der Waals surface area (Å²) in [6, 6.07) is 2.88. The third-order valence-corrected chi connectivity index (χ3v) is 3.63. The van der Waals surface area contributed by atoms with Crippen LogP contribution in [0.25, 0.3) is 0 Å². The van der Waals surface area contributed by atoms with Gasteiger partial charge in [-0.3, -0.25) is 4.79 Å². The van der Waals surface area contributed by atoms with E-state index < -0.39 is 17.4 Å². The Bertz CT molecular complexity index is 571. The number of benzene rings is 1. The summed E-state index contributed by atoms with van der Waals surface area (Å²) in [5.41, 5.74) is -1.13. The van der Waals surface area contributed by atoms with Crippen LogP contribution in [0, 0.1) is 0 Å². The molecule has 0 saturated heterocycles. The fraction of sp³-hybridized carbons (Fsp3) is 0.429. The average Bonchev–Trinajstić information content (AvgIpc) is 2.44. The van der Waals surface area contributed by atoms with E-state index in [9.17, 15) is 14.7 Å². The number of likely N-dealkylation sites (N-methyl/N-ethyl adjacent to an activating group) is 1. The Morgan fingerprint density at radius 1 is 1.24 bits per heavy atom. The molecule has 1 amide bonds. The third-order valence-electron chi connectivity index (χ3n) is 3.35. The van der Waals surface area contributed by atoms with Gasteiger partial charge in [0.25, 0.3) is 5.91 Å². The summed E-state index contributed by atoms with van der Waals surface area (Å²) < 4.78 is 10.2. The number of methoxy groups -OCH3 is 2. The molecule has 0 aliphatic rings. The van der Waals surface area contributed by atoms with E-state index in [4.69, 9.17) is 21.1 Å². The van der Waals surface area contributed by atoms with E-state index in [1.165, 1.54) is 47.2 Å². The smallest absolute Gasteiger partial charge is 0.329 e. The van der Waals surface area contributed by atoms with Crippen LogP contribution in [0.4, 0.5) is 0 Å². The van der Waals surface area contributed by atoms with Gasteiger partial charge in [-0.05, 0) is 26.0 Å². The molecule has 116 valence electrons.